The highest BCUT2D eigenvalue weighted by atomic mass is 19.4. The smallest absolute Gasteiger partial charge is 0.424 e. The molecule has 200 valence electrons. The van der Waals surface area contributed by atoms with Crippen molar-refractivity contribution < 1.29 is 37.0 Å². The van der Waals surface area contributed by atoms with Gasteiger partial charge in [0, 0.05) is 20.1 Å². The van der Waals surface area contributed by atoms with Gasteiger partial charge in [-0.25, -0.2) is 9.59 Å². The number of halogens is 3. The second-order valence-corrected chi connectivity index (χ2v) is 10.2. The molecule has 1 rings (SSSR count). The fourth-order valence-corrected chi connectivity index (χ4v) is 2.56. The normalized spacial score (nSPS) is 12.4. The first-order valence-electron chi connectivity index (χ1n) is 10.8. The molecule has 0 saturated carbocycles. The number of ether oxygens (including phenoxy) is 3. The molecule has 1 aromatic rings. The predicted molar refractivity (Wildman–Crippen MR) is 127 cm³/mol. The number of carbonyl (C=O) groups excluding carboxylic acids is 2. The van der Waals surface area contributed by atoms with Crippen LogP contribution in [0.15, 0.2) is 6.07 Å². The minimum absolute atomic E-state index is 0.00210. The van der Waals surface area contributed by atoms with Crippen LogP contribution in [0.1, 0.15) is 41.5 Å². The van der Waals surface area contributed by atoms with Gasteiger partial charge in [0.2, 0.25) is 5.88 Å². The van der Waals surface area contributed by atoms with Crippen molar-refractivity contribution in [2.75, 3.05) is 56.4 Å². The summed E-state index contributed by atoms with van der Waals surface area (Å²) in [7, 11) is 5.35. The summed E-state index contributed by atoms with van der Waals surface area (Å²) < 4.78 is 54.5. The Hall–Kier alpha value is -2.96. The van der Waals surface area contributed by atoms with E-state index < -0.39 is 47.7 Å². The number of nitrogen functional groups attached to an aromatic ring is 1. The molecule has 0 unspecified atom stereocenters. The Balaban J connectivity index is 3.66. The van der Waals surface area contributed by atoms with Crippen molar-refractivity contribution in [2.24, 2.45) is 0 Å². The highest BCUT2D eigenvalue weighted by Crippen LogP contribution is 2.36. The summed E-state index contributed by atoms with van der Waals surface area (Å²) in [6.45, 7) is 8.70. The molecule has 0 atom stereocenters. The molecule has 0 spiro atoms. The van der Waals surface area contributed by atoms with E-state index in [9.17, 15) is 22.8 Å². The largest absolute Gasteiger partial charge is 0.466 e. The zero-order valence-corrected chi connectivity index (χ0v) is 21.7. The predicted octanol–water partition coefficient (Wildman–Crippen LogP) is 4.28. The van der Waals surface area contributed by atoms with Crippen LogP contribution in [0.2, 0.25) is 0 Å². The standard InChI is InChI=1S/C22H36F3N5O5/c1-20(2,3)34-18(31)30(19(32)35-21(4,5)6)15-12-14(26)16(29(9)11-10-28(7)8)27-17(15)33-13-22(23,24)25/h12H,10-11,13,26H2,1-9H3. The van der Waals surface area contributed by atoms with Crippen LogP contribution >= 0.6 is 0 Å². The number of anilines is 3. The van der Waals surface area contributed by atoms with E-state index >= 15 is 0 Å². The maximum Gasteiger partial charge on any atom is 0.424 e. The Morgan fingerprint density at radius 3 is 1.83 bits per heavy atom. The lowest BCUT2D eigenvalue weighted by molar-refractivity contribution is -0.153. The zero-order valence-electron chi connectivity index (χ0n) is 21.7. The highest BCUT2D eigenvalue weighted by Gasteiger charge is 2.37. The number of pyridine rings is 1. The van der Waals surface area contributed by atoms with E-state index in [0.29, 0.717) is 18.0 Å². The number of hydrogen-bond acceptors (Lipinski definition) is 9. The van der Waals surface area contributed by atoms with Gasteiger partial charge in [-0.15, -0.1) is 0 Å². The molecule has 0 saturated heterocycles. The van der Waals surface area contributed by atoms with Crippen LogP contribution in [0.25, 0.3) is 0 Å². The van der Waals surface area contributed by atoms with Crippen LogP contribution < -0.4 is 20.3 Å². The summed E-state index contributed by atoms with van der Waals surface area (Å²) in [4.78, 5) is 34.1. The quantitative estimate of drug-likeness (QED) is 0.578. The molecule has 0 aliphatic heterocycles. The summed E-state index contributed by atoms with van der Waals surface area (Å²) in [6, 6.07) is 1.13. The number of nitrogens with zero attached hydrogens (tertiary/aromatic N) is 4. The van der Waals surface area contributed by atoms with E-state index in [-0.39, 0.29) is 11.5 Å². The topological polar surface area (TPSA) is 110 Å². The molecule has 0 aliphatic rings. The lowest BCUT2D eigenvalue weighted by Gasteiger charge is -2.30. The Kier molecular flexibility index (Phi) is 9.61. The van der Waals surface area contributed by atoms with Gasteiger partial charge in [0.25, 0.3) is 0 Å². The highest BCUT2D eigenvalue weighted by molar-refractivity contribution is 6.11. The van der Waals surface area contributed by atoms with Gasteiger partial charge in [-0.05, 0) is 61.7 Å². The van der Waals surface area contributed by atoms with E-state index in [4.69, 9.17) is 19.9 Å². The summed E-state index contributed by atoms with van der Waals surface area (Å²) in [5.41, 5.74) is 3.63. The number of carbonyl (C=O) groups is 2. The van der Waals surface area contributed by atoms with Gasteiger partial charge in [0.15, 0.2) is 12.4 Å². The molecule has 0 aromatic carbocycles. The third kappa shape index (κ3) is 10.5. The van der Waals surface area contributed by atoms with E-state index in [1.165, 1.54) is 0 Å². The number of rotatable bonds is 7. The van der Waals surface area contributed by atoms with Gasteiger partial charge in [0.1, 0.15) is 16.9 Å². The van der Waals surface area contributed by atoms with Crippen molar-refractivity contribution in [2.45, 2.75) is 58.9 Å². The van der Waals surface area contributed by atoms with E-state index in [1.54, 1.807) is 53.5 Å². The van der Waals surface area contributed by atoms with Crippen LogP contribution in [0, 0.1) is 0 Å². The summed E-state index contributed by atoms with van der Waals surface area (Å²) >= 11 is 0. The van der Waals surface area contributed by atoms with Crippen LogP contribution in [0.3, 0.4) is 0 Å². The van der Waals surface area contributed by atoms with Crippen LogP contribution in [0.4, 0.5) is 40.0 Å². The van der Waals surface area contributed by atoms with Crippen molar-refractivity contribution in [3.63, 3.8) is 0 Å². The fraction of sp³-hybridized carbons (Fsp3) is 0.682. The summed E-state index contributed by atoms with van der Waals surface area (Å²) in [6.07, 6.45) is -7.10. The number of nitrogens with two attached hydrogens (primary N) is 1. The molecular weight excluding hydrogens is 471 g/mol. The third-order valence-corrected chi connectivity index (χ3v) is 3.99. The van der Waals surface area contributed by atoms with Gasteiger partial charge in [-0.1, -0.05) is 0 Å². The van der Waals surface area contributed by atoms with Gasteiger partial charge in [0.05, 0.1) is 5.69 Å². The van der Waals surface area contributed by atoms with Crippen LogP contribution in [-0.2, 0) is 9.47 Å². The molecule has 2 amide bonds. The maximum atomic E-state index is 13.0. The SMILES string of the molecule is CN(C)CCN(C)c1nc(OCC(F)(F)F)c(N(C(=O)OC(C)(C)C)C(=O)OC(C)(C)C)cc1N. The minimum atomic E-state index is -4.71. The second kappa shape index (κ2) is 11.2. The lowest BCUT2D eigenvalue weighted by Crippen LogP contribution is -2.44. The average Bonchev–Trinajstić information content (AvgIpc) is 2.61. The molecule has 1 aromatic heterocycles. The first-order chi connectivity index (χ1) is 15.7. The van der Waals surface area contributed by atoms with Crippen molar-refractivity contribution >= 4 is 29.4 Å². The first-order valence-corrected chi connectivity index (χ1v) is 10.8. The van der Waals surface area contributed by atoms with Crippen molar-refractivity contribution in [3.05, 3.63) is 6.07 Å². The van der Waals surface area contributed by atoms with E-state index in [1.807, 2.05) is 19.0 Å². The van der Waals surface area contributed by atoms with Gasteiger partial charge >= 0.3 is 18.4 Å². The van der Waals surface area contributed by atoms with Gasteiger partial charge in [-0.2, -0.15) is 23.1 Å². The molecule has 1 heterocycles. The monoisotopic (exact) mass is 507 g/mol. The van der Waals surface area contributed by atoms with E-state index in [0.717, 1.165) is 6.07 Å². The number of likely N-dealkylation sites (N-methyl/N-ethyl adjacent to an activating group) is 2. The number of aromatic nitrogens is 1. The van der Waals surface area contributed by atoms with Gasteiger partial charge in [-0.3, -0.25) is 0 Å². The number of imide groups is 1. The number of alkyl halides is 3. The number of hydrogen-bond donors (Lipinski definition) is 1. The van der Waals surface area contributed by atoms with Gasteiger partial charge < -0.3 is 29.7 Å². The number of amides is 2. The molecule has 0 fully saturated rings. The molecule has 2 N–H and O–H groups in total. The zero-order chi connectivity index (χ0) is 27.4. The molecule has 0 aliphatic carbocycles. The summed E-state index contributed by atoms with van der Waals surface area (Å²) in [5, 5.41) is 0. The molecule has 0 bridgehead atoms. The molecular formula is C22H36F3N5O5. The first kappa shape index (κ1) is 30.1. The van der Waals surface area contributed by atoms with E-state index in [2.05, 4.69) is 4.98 Å². The minimum Gasteiger partial charge on any atom is -0.466 e. The maximum absolute atomic E-state index is 13.0. The average molecular weight is 508 g/mol. The molecule has 35 heavy (non-hydrogen) atoms. The molecule has 13 heteroatoms. The third-order valence-electron chi connectivity index (χ3n) is 3.99. The Bertz CT molecular complexity index is 867. The van der Waals surface area contributed by atoms with Crippen molar-refractivity contribution in [1.82, 2.24) is 9.88 Å². The van der Waals surface area contributed by atoms with Crippen LogP contribution in [-0.4, -0.2) is 80.3 Å². The van der Waals surface area contributed by atoms with Crippen molar-refractivity contribution in [3.8, 4) is 5.88 Å². The lowest BCUT2D eigenvalue weighted by atomic mass is 10.2. The Labute approximate surface area is 204 Å². The molecule has 10 nitrogen and oxygen atoms in total. The Morgan fingerprint density at radius 2 is 1.43 bits per heavy atom. The van der Waals surface area contributed by atoms with Crippen LogP contribution in [0.5, 0.6) is 5.88 Å². The second-order valence-electron chi connectivity index (χ2n) is 10.2. The summed E-state index contributed by atoms with van der Waals surface area (Å²) in [5.74, 6) is -0.527. The Morgan fingerprint density at radius 1 is 0.943 bits per heavy atom. The van der Waals surface area contributed by atoms with Crippen molar-refractivity contribution in [1.29, 1.82) is 0 Å². The fourth-order valence-electron chi connectivity index (χ4n) is 2.56. The molecule has 0 radical (unpaired) electrons.